The number of fused-ring (bicyclic) bond motifs is 1. The molecule has 0 spiro atoms. The summed E-state index contributed by atoms with van der Waals surface area (Å²) in [7, 11) is 4.58. The molecule has 0 radical (unpaired) electrons. The normalized spacial score (nSPS) is 12.6. The van der Waals surface area contributed by atoms with E-state index in [9.17, 15) is 14.4 Å². The van der Waals surface area contributed by atoms with Crippen LogP contribution >= 0.6 is 23.1 Å². The van der Waals surface area contributed by atoms with Crippen molar-refractivity contribution < 1.29 is 33.3 Å². The molecule has 1 aliphatic carbocycles. The molecule has 14 heteroatoms. The molecule has 12 nitrogen and oxygen atoms in total. The Morgan fingerprint density at radius 1 is 1.02 bits per heavy atom. The van der Waals surface area contributed by atoms with Gasteiger partial charge in [0.05, 0.1) is 51.0 Å². The van der Waals surface area contributed by atoms with Crippen LogP contribution in [-0.2, 0) is 28.9 Å². The van der Waals surface area contributed by atoms with Gasteiger partial charge in [0.15, 0.2) is 11.0 Å². The molecule has 2 N–H and O–H groups in total. The van der Waals surface area contributed by atoms with Crippen LogP contribution in [0.1, 0.15) is 57.2 Å². The van der Waals surface area contributed by atoms with Crippen LogP contribution in [0.15, 0.2) is 47.6 Å². The number of aromatic nitrogens is 3. The van der Waals surface area contributed by atoms with E-state index in [1.807, 2.05) is 18.2 Å². The molecule has 0 bridgehead atoms. The summed E-state index contributed by atoms with van der Waals surface area (Å²) in [6.45, 7) is 3.78. The van der Waals surface area contributed by atoms with Crippen molar-refractivity contribution in [1.82, 2.24) is 20.1 Å². The maximum absolute atomic E-state index is 13.5. The van der Waals surface area contributed by atoms with Crippen molar-refractivity contribution >= 4 is 45.9 Å². The topological polar surface area (TPSA) is 143 Å². The number of ether oxygens (including phenoxy) is 4. The number of thioether (sulfide) groups is 1. The van der Waals surface area contributed by atoms with Crippen LogP contribution in [0.3, 0.4) is 0 Å². The van der Waals surface area contributed by atoms with Crippen molar-refractivity contribution in [2.24, 2.45) is 0 Å². The third-order valence-corrected chi connectivity index (χ3v) is 9.59. The summed E-state index contributed by atoms with van der Waals surface area (Å²) >= 11 is 2.62. The number of nitrogens with zero attached hydrogens (tertiary/aromatic N) is 3. The second kappa shape index (κ2) is 14.7. The number of para-hydroxylation sites is 2. The van der Waals surface area contributed by atoms with Crippen LogP contribution in [0.5, 0.6) is 17.2 Å². The average Bonchev–Trinajstić information content (AvgIpc) is 3.78. The number of anilines is 1. The number of nitrogens with one attached hydrogen (secondary N) is 2. The van der Waals surface area contributed by atoms with E-state index in [4.69, 9.17) is 18.9 Å². The Balaban J connectivity index is 1.39. The van der Waals surface area contributed by atoms with Gasteiger partial charge < -0.3 is 29.6 Å². The number of hydrogen-bond donors (Lipinski definition) is 2. The molecule has 0 saturated heterocycles. The molecule has 0 unspecified atom stereocenters. The SMILES string of the molecule is CCOC(=O)c1c(NC(=O)[C@@H](C)Sc2nnc(CNC(=O)c3cc(OC)cc(OC)c3)n2-c2ccccc2OC)sc2c1CCC2. The van der Waals surface area contributed by atoms with Crippen molar-refractivity contribution in [2.75, 3.05) is 33.3 Å². The highest BCUT2D eigenvalue weighted by molar-refractivity contribution is 8.00. The minimum atomic E-state index is -0.628. The lowest BCUT2D eigenvalue weighted by atomic mass is 10.1. The van der Waals surface area contributed by atoms with E-state index in [-0.39, 0.29) is 25.0 Å². The predicted molar refractivity (Wildman–Crippen MR) is 175 cm³/mol. The lowest BCUT2D eigenvalue weighted by Gasteiger charge is -2.16. The Labute approximate surface area is 274 Å². The van der Waals surface area contributed by atoms with Gasteiger partial charge in [0, 0.05) is 16.5 Å². The largest absolute Gasteiger partial charge is 0.497 e. The maximum Gasteiger partial charge on any atom is 0.341 e. The van der Waals surface area contributed by atoms with Crippen molar-refractivity contribution in [3.8, 4) is 22.9 Å². The molecule has 0 saturated carbocycles. The zero-order chi connectivity index (χ0) is 32.8. The van der Waals surface area contributed by atoms with E-state index in [0.29, 0.717) is 50.0 Å². The molecule has 2 heterocycles. The molecule has 2 aromatic heterocycles. The van der Waals surface area contributed by atoms with E-state index in [0.717, 1.165) is 29.7 Å². The van der Waals surface area contributed by atoms with Crippen LogP contribution in [0.2, 0.25) is 0 Å². The Bertz CT molecular complexity index is 1730. The van der Waals surface area contributed by atoms with E-state index in [2.05, 4.69) is 20.8 Å². The highest BCUT2D eigenvalue weighted by atomic mass is 32.2. The monoisotopic (exact) mass is 665 g/mol. The maximum atomic E-state index is 13.5. The first-order valence-corrected chi connectivity index (χ1v) is 16.4. The minimum Gasteiger partial charge on any atom is -0.497 e. The number of carbonyl (C=O) groups is 3. The summed E-state index contributed by atoms with van der Waals surface area (Å²) in [5, 5.41) is 14.9. The van der Waals surface area contributed by atoms with Crippen molar-refractivity contribution in [3.05, 3.63) is 69.9 Å². The Morgan fingerprint density at radius 2 is 1.76 bits per heavy atom. The van der Waals surface area contributed by atoms with Gasteiger partial charge >= 0.3 is 5.97 Å². The van der Waals surface area contributed by atoms with Crippen molar-refractivity contribution in [1.29, 1.82) is 0 Å². The molecular formula is C32H35N5O7S2. The fourth-order valence-electron chi connectivity index (χ4n) is 5.08. The molecule has 242 valence electrons. The summed E-state index contributed by atoms with van der Waals surface area (Å²) in [4.78, 5) is 40.6. The standard InChI is InChI=1S/C32H35N5O7S2/c1-6-44-31(40)27-22-10-9-13-25(22)46-30(27)34-28(38)18(2)45-32-36-35-26(37(32)23-11-7-8-12-24(23)43-5)17-33-29(39)19-14-20(41-3)16-21(15-19)42-4/h7-8,11-12,14-16,18H,6,9-10,13,17H2,1-5H3,(H,33,39)(H,34,38)/t18-/m1/s1. The fraction of sp³-hybridized carbons (Fsp3) is 0.344. The van der Waals surface area contributed by atoms with Gasteiger partial charge in [-0.15, -0.1) is 21.5 Å². The lowest BCUT2D eigenvalue weighted by Crippen LogP contribution is -2.25. The zero-order valence-corrected chi connectivity index (χ0v) is 27.8. The zero-order valence-electron chi connectivity index (χ0n) is 26.2. The smallest absolute Gasteiger partial charge is 0.341 e. The van der Waals surface area contributed by atoms with Crippen LogP contribution < -0.4 is 24.8 Å². The van der Waals surface area contributed by atoms with Gasteiger partial charge in [-0.2, -0.15) is 0 Å². The first-order chi connectivity index (χ1) is 22.3. The van der Waals surface area contributed by atoms with Crippen LogP contribution in [0.25, 0.3) is 5.69 Å². The molecule has 2 aromatic carbocycles. The molecule has 1 atom stereocenters. The highest BCUT2D eigenvalue weighted by Gasteiger charge is 2.30. The number of carbonyl (C=O) groups excluding carboxylic acids is 3. The molecule has 4 aromatic rings. The van der Waals surface area contributed by atoms with Gasteiger partial charge in [-0.25, -0.2) is 4.79 Å². The molecule has 0 aliphatic heterocycles. The van der Waals surface area contributed by atoms with Gasteiger partial charge in [-0.1, -0.05) is 23.9 Å². The van der Waals surface area contributed by atoms with Crippen LogP contribution in [0, 0.1) is 0 Å². The van der Waals surface area contributed by atoms with Gasteiger partial charge in [0.25, 0.3) is 5.91 Å². The number of esters is 1. The van der Waals surface area contributed by atoms with Crippen LogP contribution in [-0.4, -0.2) is 65.7 Å². The number of thiophene rings is 1. The third-order valence-electron chi connectivity index (χ3n) is 7.34. The summed E-state index contributed by atoms with van der Waals surface area (Å²) < 4.78 is 23.3. The molecule has 1 aliphatic rings. The summed E-state index contributed by atoms with van der Waals surface area (Å²) in [5.41, 5.74) is 2.40. The number of hydrogen-bond acceptors (Lipinski definition) is 11. The summed E-state index contributed by atoms with van der Waals surface area (Å²) in [6, 6.07) is 12.2. The van der Waals surface area contributed by atoms with E-state index >= 15 is 0 Å². The molecule has 0 fully saturated rings. The number of amides is 2. The summed E-state index contributed by atoms with van der Waals surface area (Å²) in [5.74, 6) is 0.845. The number of aryl methyl sites for hydroxylation is 1. The molecule has 46 heavy (non-hydrogen) atoms. The molecule has 5 rings (SSSR count). The van der Waals surface area contributed by atoms with Gasteiger partial charge in [-0.3, -0.25) is 14.2 Å². The predicted octanol–water partition coefficient (Wildman–Crippen LogP) is 5.07. The molecule has 2 amide bonds. The Kier molecular flexibility index (Phi) is 10.5. The van der Waals surface area contributed by atoms with Gasteiger partial charge in [0.1, 0.15) is 22.2 Å². The van der Waals surface area contributed by atoms with Gasteiger partial charge in [-0.05, 0) is 62.9 Å². The molecular weight excluding hydrogens is 631 g/mol. The van der Waals surface area contributed by atoms with Crippen LogP contribution in [0.4, 0.5) is 5.00 Å². The van der Waals surface area contributed by atoms with E-state index in [1.54, 1.807) is 49.8 Å². The lowest BCUT2D eigenvalue weighted by molar-refractivity contribution is -0.115. The van der Waals surface area contributed by atoms with Crippen molar-refractivity contribution in [2.45, 2.75) is 50.1 Å². The first-order valence-electron chi connectivity index (χ1n) is 14.7. The third kappa shape index (κ3) is 6.97. The second-order valence-corrected chi connectivity index (χ2v) is 12.6. The van der Waals surface area contributed by atoms with Crippen molar-refractivity contribution in [3.63, 3.8) is 0 Å². The fourth-order valence-corrected chi connectivity index (χ4v) is 7.24. The number of rotatable bonds is 13. The Hall–Kier alpha value is -4.56. The van der Waals surface area contributed by atoms with E-state index < -0.39 is 11.2 Å². The summed E-state index contributed by atoms with van der Waals surface area (Å²) in [6.07, 6.45) is 2.63. The highest BCUT2D eigenvalue weighted by Crippen LogP contribution is 2.40. The Morgan fingerprint density at radius 3 is 2.46 bits per heavy atom. The number of methoxy groups -OCH3 is 3. The number of benzene rings is 2. The average molecular weight is 666 g/mol. The first kappa shape index (κ1) is 32.8. The second-order valence-electron chi connectivity index (χ2n) is 10.2. The quantitative estimate of drug-likeness (QED) is 0.147. The minimum absolute atomic E-state index is 0.0220. The van der Waals surface area contributed by atoms with E-state index in [1.165, 1.54) is 37.3 Å². The van der Waals surface area contributed by atoms with Gasteiger partial charge in [0.2, 0.25) is 5.91 Å².